The molecule has 1 aromatic rings. The molecule has 0 radical (unpaired) electrons. The molecule has 0 aromatic heterocycles. The summed E-state index contributed by atoms with van der Waals surface area (Å²) in [6.45, 7) is 3.89. The van der Waals surface area contributed by atoms with Gasteiger partial charge in [-0.15, -0.1) is 0 Å². The van der Waals surface area contributed by atoms with Gasteiger partial charge in [-0.25, -0.2) is 4.79 Å². The second-order valence-corrected chi connectivity index (χ2v) is 4.26. The van der Waals surface area contributed by atoms with Gasteiger partial charge in [0.05, 0.1) is 13.7 Å². The molecule has 5 nitrogen and oxygen atoms in total. The molecule has 5 heteroatoms. The van der Waals surface area contributed by atoms with E-state index in [0.717, 1.165) is 12.0 Å². The van der Waals surface area contributed by atoms with Gasteiger partial charge in [0, 0.05) is 6.04 Å². The molecule has 0 saturated carbocycles. The Hall–Kier alpha value is -1.75. The van der Waals surface area contributed by atoms with Crippen LogP contribution in [-0.4, -0.2) is 32.3 Å². The third kappa shape index (κ3) is 5.18. The molecule has 0 spiro atoms. The number of carbonyl (C=O) groups is 1. The molecular formula is C14H21NO4. The molecule has 0 aliphatic carbocycles. The smallest absolute Gasteiger partial charge is 0.344 e. The van der Waals surface area contributed by atoms with E-state index < -0.39 is 5.97 Å². The third-order valence-corrected chi connectivity index (χ3v) is 2.44. The molecule has 1 atom stereocenters. The number of methoxy groups -OCH3 is 1. The van der Waals surface area contributed by atoms with Crippen molar-refractivity contribution in [2.75, 3.05) is 20.3 Å². The van der Waals surface area contributed by atoms with E-state index in [1.165, 1.54) is 0 Å². The van der Waals surface area contributed by atoms with Gasteiger partial charge >= 0.3 is 5.97 Å². The Bertz CT molecular complexity index is 418. The topological polar surface area (TPSA) is 70.8 Å². The third-order valence-electron chi connectivity index (χ3n) is 2.44. The number of hydrogen-bond acceptors (Lipinski definition) is 5. The maximum atomic E-state index is 11.3. The number of carbonyl (C=O) groups excluding carboxylic acids is 1. The first-order valence-corrected chi connectivity index (χ1v) is 6.27. The van der Waals surface area contributed by atoms with Crippen LogP contribution in [0.3, 0.4) is 0 Å². The highest BCUT2D eigenvalue weighted by molar-refractivity contribution is 5.71. The van der Waals surface area contributed by atoms with E-state index in [0.29, 0.717) is 18.1 Å². The molecule has 1 aromatic carbocycles. The molecule has 0 bridgehead atoms. The van der Waals surface area contributed by atoms with E-state index in [1.807, 2.05) is 19.1 Å². The van der Waals surface area contributed by atoms with Crippen LogP contribution in [-0.2, 0) is 16.0 Å². The van der Waals surface area contributed by atoms with Crippen LogP contribution in [0.1, 0.15) is 19.4 Å². The molecular weight excluding hydrogens is 246 g/mol. The molecule has 106 valence electrons. The Morgan fingerprint density at radius 2 is 2.11 bits per heavy atom. The van der Waals surface area contributed by atoms with Crippen LogP contribution in [0, 0.1) is 0 Å². The lowest BCUT2D eigenvalue weighted by Crippen LogP contribution is -2.18. The summed E-state index contributed by atoms with van der Waals surface area (Å²) in [6, 6.07) is 5.63. The van der Waals surface area contributed by atoms with E-state index in [9.17, 15) is 4.79 Å². The Kier molecular flexibility index (Phi) is 6.15. The maximum Gasteiger partial charge on any atom is 0.344 e. The second-order valence-electron chi connectivity index (χ2n) is 4.26. The minimum Gasteiger partial charge on any atom is -0.493 e. The molecule has 0 heterocycles. The van der Waals surface area contributed by atoms with Gasteiger partial charge < -0.3 is 19.9 Å². The van der Waals surface area contributed by atoms with Crippen molar-refractivity contribution >= 4 is 5.97 Å². The Morgan fingerprint density at radius 1 is 1.37 bits per heavy atom. The van der Waals surface area contributed by atoms with E-state index in [1.54, 1.807) is 20.1 Å². The molecule has 0 aliphatic rings. The van der Waals surface area contributed by atoms with Crippen molar-refractivity contribution in [2.24, 2.45) is 5.73 Å². The van der Waals surface area contributed by atoms with E-state index in [-0.39, 0.29) is 12.6 Å². The summed E-state index contributed by atoms with van der Waals surface area (Å²) < 4.78 is 15.4. The summed E-state index contributed by atoms with van der Waals surface area (Å²) in [4.78, 5) is 11.3. The van der Waals surface area contributed by atoms with Crippen LogP contribution in [0.25, 0.3) is 0 Å². The first kappa shape index (κ1) is 15.3. The largest absolute Gasteiger partial charge is 0.493 e. The fourth-order valence-electron chi connectivity index (χ4n) is 1.67. The maximum absolute atomic E-state index is 11.3. The lowest BCUT2D eigenvalue weighted by molar-refractivity contribution is -0.145. The van der Waals surface area contributed by atoms with Gasteiger partial charge in [0.1, 0.15) is 0 Å². The van der Waals surface area contributed by atoms with Crippen molar-refractivity contribution in [3.63, 3.8) is 0 Å². The number of ether oxygens (including phenoxy) is 3. The summed E-state index contributed by atoms with van der Waals surface area (Å²) in [5.74, 6) is 0.702. The number of nitrogens with two attached hydrogens (primary N) is 1. The van der Waals surface area contributed by atoms with Gasteiger partial charge in [0.25, 0.3) is 0 Å². The zero-order chi connectivity index (χ0) is 14.3. The summed E-state index contributed by atoms with van der Waals surface area (Å²) in [5.41, 5.74) is 6.80. The predicted octanol–water partition coefficient (Wildman–Crippen LogP) is 1.53. The monoisotopic (exact) mass is 267 g/mol. The first-order valence-electron chi connectivity index (χ1n) is 6.27. The van der Waals surface area contributed by atoms with Crippen LogP contribution in [0.4, 0.5) is 0 Å². The van der Waals surface area contributed by atoms with Gasteiger partial charge in [0.2, 0.25) is 0 Å². The zero-order valence-corrected chi connectivity index (χ0v) is 11.6. The van der Waals surface area contributed by atoms with Gasteiger partial charge in [-0.05, 0) is 38.0 Å². The number of rotatable bonds is 7. The van der Waals surface area contributed by atoms with Crippen molar-refractivity contribution in [1.82, 2.24) is 0 Å². The van der Waals surface area contributed by atoms with Gasteiger partial charge in [-0.3, -0.25) is 0 Å². The minimum absolute atomic E-state index is 0.0614. The van der Waals surface area contributed by atoms with E-state index in [4.69, 9.17) is 19.9 Å². The van der Waals surface area contributed by atoms with Gasteiger partial charge in [-0.2, -0.15) is 0 Å². The fourth-order valence-corrected chi connectivity index (χ4v) is 1.67. The molecule has 0 amide bonds. The number of hydrogen-bond donors (Lipinski definition) is 1. The van der Waals surface area contributed by atoms with Gasteiger partial charge in [0.15, 0.2) is 18.1 Å². The Labute approximate surface area is 113 Å². The van der Waals surface area contributed by atoms with Crippen molar-refractivity contribution in [2.45, 2.75) is 26.3 Å². The van der Waals surface area contributed by atoms with Crippen molar-refractivity contribution in [3.8, 4) is 11.5 Å². The lowest BCUT2D eigenvalue weighted by atomic mass is 10.1. The summed E-state index contributed by atoms with van der Waals surface area (Å²) in [6.07, 6.45) is 0.736. The van der Waals surface area contributed by atoms with Crippen molar-refractivity contribution < 1.29 is 19.0 Å². The molecule has 0 aliphatic heterocycles. The average molecular weight is 267 g/mol. The SMILES string of the molecule is CCOC(=O)COc1cc(CC(C)N)ccc1OC. The highest BCUT2D eigenvalue weighted by Gasteiger charge is 2.10. The molecule has 0 fully saturated rings. The fraction of sp³-hybridized carbons (Fsp3) is 0.500. The second kappa shape index (κ2) is 7.63. The van der Waals surface area contributed by atoms with E-state index >= 15 is 0 Å². The number of esters is 1. The van der Waals surface area contributed by atoms with Crippen LogP contribution in [0.15, 0.2) is 18.2 Å². The molecule has 19 heavy (non-hydrogen) atoms. The summed E-state index contributed by atoms with van der Waals surface area (Å²) in [7, 11) is 1.55. The molecule has 0 saturated heterocycles. The highest BCUT2D eigenvalue weighted by atomic mass is 16.6. The predicted molar refractivity (Wildman–Crippen MR) is 72.5 cm³/mol. The molecule has 1 unspecified atom stereocenters. The summed E-state index contributed by atoms with van der Waals surface area (Å²) >= 11 is 0. The number of benzene rings is 1. The van der Waals surface area contributed by atoms with Crippen LogP contribution in [0.2, 0.25) is 0 Å². The minimum atomic E-state index is -0.401. The van der Waals surface area contributed by atoms with Crippen LogP contribution in [0.5, 0.6) is 11.5 Å². The lowest BCUT2D eigenvalue weighted by Gasteiger charge is -2.12. The molecule has 1 rings (SSSR count). The van der Waals surface area contributed by atoms with Crippen LogP contribution < -0.4 is 15.2 Å². The first-order chi connectivity index (χ1) is 9.06. The van der Waals surface area contributed by atoms with E-state index in [2.05, 4.69) is 0 Å². The van der Waals surface area contributed by atoms with Gasteiger partial charge in [-0.1, -0.05) is 6.07 Å². The molecule has 2 N–H and O–H groups in total. The highest BCUT2D eigenvalue weighted by Crippen LogP contribution is 2.28. The zero-order valence-electron chi connectivity index (χ0n) is 11.6. The quantitative estimate of drug-likeness (QED) is 0.758. The standard InChI is InChI=1S/C14H21NO4/c1-4-18-14(16)9-19-13-8-11(7-10(2)15)5-6-12(13)17-3/h5-6,8,10H,4,7,9,15H2,1-3H3. The average Bonchev–Trinajstić information content (AvgIpc) is 2.36. The Balaban J connectivity index is 2.75. The van der Waals surface area contributed by atoms with Crippen molar-refractivity contribution in [3.05, 3.63) is 23.8 Å². The van der Waals surface area contributed by atoms with Crippen molar-refractivity contribution in [1.29, 1.82) is 0 Å². The van der Waals surface area contributed by atoms with Crippen LogP contribution >= 0.6 is 0 Å². The summed E-state index contributed by atoms with van der Waals surface area (Å²) in [5, 5.41) is 0. The Morgan fingerprint density at radius 3 is 2.68 bits per heavy atom. The normalized spacial score (nSPS) is 11.8.